The lowest BCUT2D eigenvalue weighted by molar-refractivity contribution is 0.0435. The minimum absolute atomic E-state index is 0.0408. The molecule has 3 rings (SSSR count). The Hall–Kier alpha value is -2.40. The molecule has 0 amide bonds. The van der Waals surface area contributed by atoms with E-state index in [1.807, 2.05) is 18.2 Å². The summed E-state index contributed by atoms with van der Waals surface area (Å²) in [6.07, 6.45) is 1.51. The zero-order valence-electron chi connectivity index (χ0n) is 16.6. The fourth-order valence-electron chi connectivity index (χ4n) is 3.52. The lowest BCUT2D eigenvalue weighted by atomic mass is 9.91. The van der Waals surface area contributed by atoms with Crippen LogP contribution >= 0.6 is 11.6 Å². The first-order valence-electron chi connectivity index (χ1n) is 9.75. The van der Waals surface area contributed by atoms with E-state index in [0.717, 1.165) is 19.3 Å². The maximum Gasteiger partial charge on any atom is 0.339 e. The van der Waals surface area contributed by atoms with Crippen LogP contribution in [0.5, 0.6) is 0 Å². The van der Waals surface area contributed by atoms with E-state index in [4.69, 9.17) is 21.6 Å². The second-order valence-corrected chi connectivity index (χ2v) is 9.67. The van der Waals surface area contributed by atoms with Gasteiger partial charge in [0, 0.05) is 13.1 Å². The molecule has 0 aromatic heterocycles. The smallest absolute Gasteiger partial charge is 0.339 e. The van der Waals surface area contributed by atoms with Gasteiger partial charge in [-0.15, -0.1) is 0 Å². The van der Waals surface area contributed by atoms with Crippen molar-refractivity contribution in [1.82, 2.24) is 4.31 Å². The number of hydrogen-bond acceptors (Lipinski definition) is 5. The van der Waals surface area contributed by atoms with Crippen molar-refractivity contribution in [3.05, 3.63) is 64.7 Å². The first-order valence-corrected chi connectivity index (χ1v) is 11.6. The minimum Gasteiger partial charge on any atom is -0.444 e. The Morgan fingerprint density at radius 3 is 2.53 bits per heavy atom. The van der Waals surface area contributed by atoms with Crippen LogP contribution in [0.3, 0.4) is 0 Å². The number of ether oxygens (including phenoxy) is 1. The van der Waals surface area contributed by atoms with Gasteiger partial charge in [-0.25, -0.2) is 13.2 Å². The molecule has 158 valence electrons. The van der Waals surface area contributed by atoms with Crippen molar-refractivity contribution < 1.29 is 17.9 Å². The summed E-state index contributed by atoms with van der Waals surface area (Å²) in [5, 5.41) is 8.84. The molecule has 0 bridgehead atoms. The van der Waals surface area contributed by atoms with Crippen LogP contribution in [0.2, 0.25) is 5.02 Å². The average molecular weight is 447 g/mol. The van der Waals surface area contributed by atoms with Gasteiger partial charge in [0.25, 0.3) is 0 Å². The molecule has 2 aromatic rings. The fourth-order valence-corrected chi connectivity index (χ4v) is 5.49. The first-order chi connectivity index (χ1) is 14.3. The molecule has 2 aromatic carbocycles. The summed E-state index contributed by atoms with van der Waals surface area (Å²) in [5.74, 6) is -0.346. The molecule has 30 heavy (non-hydrogen) atoms. The number of carbonyl (C=O) groups excluding carboxylic acids is 1. The Bertz CT molecular complexity index is 1040. The van der Waals surface area contributed by atoms with E-state index in [0.29, 0.717) is 19.0 Å². The molecule has 1 aliphatic heterocycles. The zero-order valence-corrected chi connectivity index (χ0v) is 18.2. The van der Waals surface area contributed by atoms with Crippen LogP contribution in [-0.2, 0) is 21.2 Å². The summed E-state index contributed by atoms with van der Waals surface area (Å²) < 4.78 is 32.7. The Balaban J connectivity index is 1.72. The summed E-state index contributed by atoms with van der Waals surface area (Å²) in [4.78, 5) is 12.1. The highest BCUT2D eigenvalue weighted by atomic mass is 35.5. The van der Waals surface area contributed by atoms with E-state index in [1.54, 1.807) is 6.07 Å². The molecule has 8 heteroatoms. The van der Waals surface area contributed by atoms with Gasteiger partial charge in [-0.05, 0) is 55.9 Å². The van der Waals surface area contributed by atoms with Crippen molar-refractivity contribution >= 4 is 27.6 Å². The third-order valence-corrected chi connectivity index (χ3v) is 7.57. The number of benzene rings is 2. The molecule has 0 unspecified atom stereocenters. The quantitative estimate of drug-likeness (QED) is 0.624. The molecular formula is C22H23ClN2O4S. The van der Waals surface area contributed by atoms with E-state index >= 15 is 0 Å². The normalized spacial score (nSPS) is 16.6. The monoisotopic (exact) mass is 446 g/mol. The molecule has 1 aliphatic rings. The van der Waals surface area contributed by atoms with Crippen molar-refractivity contribution in [3.63, 3.8) is 0 Å². The highest BCUT2D eigenvalue weighted by Gasteiger charge is 2.31. The van der Waals surface area contributed by atoms with Gasteiger partial charge in [-0.1, -0.05) is 41.9 Å². The van der Waals surface area contributed by atoms with E-state index in [-0.39, 0.29) is 15.5 Å². The number of piperidine rings is 1. The lowest BCUT2D eigenvalue weighted by Gasteiger charge is -2.31. The van der Waals surface area contributed by atoms with Crippen LogP contribution < -0.4 is 0 Å². The van der Waals surface area contributed by atoms with E-state index in [1.165, 1.54) is 35.0 Å². The second kappa shape index (κ2) is 9.61. The minimum atomic E-state index is -3.85. The fraction of sp³-hybridized carbons (Fsp3) is 0.364. The number of esters is 1. The van der Waals surface area contributed by atoms with Gasteiger partial charge in [0.15, 0.2) is 6.10 Å². The number of sulfonamides is 1. The van der Waals surface area contributed by atoms with E-state index in [2.05, 4.69) is 12.1 Å². The van der Waals surface area contributed by atoms with Crippen LogP contribution in [0.1, 0.15) is 35.7 Å². The van der Waals surface area contributed by atoms with Crippen LogP contribution in [-0.4, -0.2) is 37.9 Å². The summed E-state index contributed by atoms with van der Waals surface area (Å²) in [7, 11) is -3.85. The standard InChI is InChI=1S/C22H23ClN2O4S/c1-16(15-24)29-22(26)19-7-8-20(23)21(14-19)30(27,28)25-11-9-18(10-12-25)13-17-5-3-2-4-6-17/h2-8,14,16,18H,9-13H2,1H3/t16-/m0/s1. The molecule has 1 fully saturated rings. The Morgan fingerprint density at radius 2 is 1.90 bits per heavy atom. The van der Waals surface area contributed by atoms with E-state index < -0.39 is 22.1 Å². The Morgan fingerprint density at radius 1 is 1.23 bits per heavy atom. The highest BCUT2D eigenvalue weighted by Crippen LogP contribution is 2.30. The van der Waals surface area contributed by atoms with Crippen molar-refractivity contribution in [2.24, 2.45) is 5.92 Å². The van der Waals surface area contributed by atoms with Gasteiger partial charge in [0.1, 0.15) is 11.0 Å². The molecule has 6 nitrogen and oxygen atoms in total. The number of nitriles is 1. The number of rotatable bonds is 6. The van der Waals surface area contributed by atoms with Crippen molar-refractivity contribution in [2.75, 3.05) is 13.1 Å². The zero-order chi connectivity index (χ0) is 21.7. The van der Waals surface area contributed by atoms with Gasteiger partial charge in [0.05, 0.1) is 10.6 Å². The molecule has 0 N–H and O–H groups in total. The SMILES string of the molecule is C[C@@H](C#N)OC(=O)c1ccc(Cl)c(S(=O)(=O)N2CCC(Cc3ccccc3)CC2)c1. The predicted molar refractivity (Wildman–Crippen MR) is 114 cm³/mol. The summed E-state index contributed by atoms with van der Waals surface area (Å²) in [6, 6.07) is 15.9. The van der Waals surface area contributed by atoms with Gasteiger partial charge >= 0.3 is 5.97 Å². The second-order valence-electron chi connectivity index (χ2n) is 7.36. The van der Waals surface area contributed by atoms with Gasteiger partial charge in [0.2, 0.25) is 10.0 Å². The first kappa shape index (κ1) is 22.3. The number of halogens is 1. The predicted octanol–water partition coefficient (Wildman–Crippen LogP) is 4.05. The maximum atomic E-state index is 13.2. The molecule has 1 saturated heterocycles. The molecule has 1 atom stereocenters. The largest absolute Gasteiger partial charge is 0.444 e. The third kappa shape index (κ3) is 5.20. The maximum absolute atomic E-state index is 13.2. The van der Waals surface area contributed by atoms with Gasteiger partial charge < -0.3 is 4.74 Å². The molecule has 0 spiro atoms. The molecule has 0 saturated carbocycles. The van der Waals surface area contributed by atoms with Crippen LogP contribution in [0.25, 0.3) is 0 Å². The van der Waals surface area contributed by atoms with Gasteiger partial charge in [-0.2, -0.15) is 9.57 Å². The van der Waals surface area contributed by atoms with Crippen molar-refractivity contribution in [2.45, 2.75) is 37.2 Å². The van der Waals surface area contributed by atoms with E-state index in [9.17, 15) is 13.2 Å². The lowest BCUT2D eigenvalue weighted by Crippen LogP contribution is -2.39. The van der Waals surface area contributed by atoms with Crippen LogP contribution in [0, 0.1) is 17.2 Å². The third-order valence-electron chi connectivity index (χ3n) is 5.19. The Kier molecular flexibility index (Phi) is 7.14. The molecule has 0 aliphatic carbocycles. The van der Waals surface area contributed by atoms with Crippen LogP contribution in [0.4, 0.5) is 0 Å². The topological polar surface area (TPSA) is 87.5 Å². The summed E-state index contributed by atoms with van der Waals surface area (Å²) in [5.41, 5.74) is 1.29. The van der Waals surface area contributed by atoms with Crippen molar-refractivity contribution in [1.29, 1.82) is 5.26 Å². The van der Waals surface area contributed by atoms with Gasteiger partial charge in [-0.3, -0.25) is 0 Å². The molecular weight excluding hydrogens is 424 g/mol. The summed E-state index contributed by atoms with van der Waals surface area (Å²) >= 11 is 6.16. The number of hydrogen-bond donors (Lipinski definition) is 0. The molecule has 1 heterocycles. The average Bonchev–Trinajstić information content (AvgIpc) is 2.75. The van der Waals surface area contributed by atoms with Crippen molar-refractivity contribution in [3.8, 4) is 6.07 Å². The van der Waals surface area contributed by atoms with Crippen LogP contribution in [0.15, 0.2) is 53.4 Å². The number of carbonyl (C=O) groups is 1. The Labute approximate surface area is 182 Å². The summed E-state index contributed by atoms with van der Waals surface area (Å²) in [6.45, 7) is 2.23. The highest BCUT2D eigenvalue weighted by molar-refractivity contribution is 7.89. The molecule has 0 radical (unpaired) electrons. The number of nitrogens with zero attached hydrogens (tertiary/aromatic N) is 2.